The molecule has 1 aliphatic heterocycles. The molecule has 1 aliphatic carbocycles. The molecule has 2 unspecified atom stereocenters. The standard InChI is InChI=1S/C11H11FO/c12-8-5-4-7-2-1-3-10-11(13-10)9(7)6-8/h4-6,10-11H,1-3H2. The van der Waals surface area contributed by atoms with Gasteiger partial charge in [0.05, 0.1) is 6.10 Å². The van der Waals surface area contributed by atoms with Crippen molar-refractivity contribution >= 4 is 0 Å². The van der Waals surface area contributed by atoms with E-state index in [2.05, 4.69) is 0 Å². The number of hydrogen-bond acceptors (Lipinski definition) is 1. The fourth-order valence-corrected chi connectivity index (χ4v) is 2.19. The van der Waals surface area contributed by atoms with Gasteiger partial charge in [-0.2, -0.15) is 0 Å². The first-order valence-electron chi connectivity index (χ1n) is 4.78. The molecule has 68 valence electrons. The fourth-order valence-electron chi connectivity index (χ4n) is 2.19. The van der Waals surface area contributed by atoms with Crippen LogP contribution in [0.5, 0.6) is 0 Å². The molecule has 0 bridgehead atoms. The molecule has 13 heavy (non-hydrogen) atoms. The van der Waals surface area contributed by atoms with Gasteiger partial charge in [0.25, 0.3) is 0 Å². The number of epoxide rings is 1. The van der Waals surface area contributed by atoms with Crippen LogP contribution in [0.3, 0.4) is 0 Å². The van der Waals surface area contributed by atoms with Crippen molar-refractivity contribution in [2.45, 2.75) is 31.5 Å². The number of halogens is 1. The normalized spacial score (nSPS) is 30.2. The Morgan fingerprint density at radius 3 is 3.23 bits per heavy atom. The number of benzene rings is 1. The minimum Gasteiger partial charge on any atom is -0.364 e. The molecular weight excluding hydrogens is 167 g/mol. The van der Waals surface area contributed by atoms with Crippen LogP contribution in [-0.4, -0.2) is 6.10 Å². The molecule has 1 aromatic rings. The highest BCUT2D eigenvalue weighted by Gasteiger charge is 2.42. The Kier molecular flexibility index (Phi) is 1.47. The zero-order valence-corrected chi connectivity index (χ0v) is 7.29. The van der Waals surface area contributed by atoms with E-state index in [9.17, 15) is 4.39 Å². The van der Waals surface area contributed by atoms with E-state index in [0.717, 1.165) is 18.4 Å². The summed E-state index contributed by atoms with van der Waals surface area (Å²) >= 11 is 0. The molecule has 0 radical (unpaired) electrons. The van der Waals surface area contributed by atoms with Gasteiger partial charge in [0.1, 0.15) is 11.9 Å². The molecule has 0 amide bonds. The van der Waals surface area contributed by atoms with Gasteiger partial charge < -0.3 is 4.74 Å². The van der Waals surface area contributed by atoms with Crippen molar-refractivity contribution < 1.29 is 9.13 Å². The molecule has 1 heterocycles. The van der Waals surface area contributed by atoms with Gasteiger partial charge >= 0.3 is 0 Å². The lowest BCUT2D eigenvalue weighted by atomic mass is 10.0. The second kappa shape index (κ2) is 2.55. The fraction of sp³-hybridized carbons (Fsp3) is 0.455. The van der Waals surface area contributed by atoms with Crippen LogP contribution >= 0.6 is 0 Å². The van der Waals surface area contributed by atoms with Crippen LogP contribution in [0.25, 0.3) is 0 Å². The molecule has 3 rings (SSSR count). The van der Waals surface area contributed by atoms with Crippen molar-refractivity contribution in [3.63, 3.8) is 0 Å². The van der Waals surface area contributed by atoms with Crippen molar-refractivity contribution in [1.82, 2.24) is 0 Å². The van der Waals surface area contributed by atoms with Gasteiger partial charge in [-0.1, -0.05) is 6.07 Å². The quantitative estimate of drug-likeness (QED) is 0.556. The highest BCUT2D eigenvalue weighted by atomic mass is 19.1. The van der Waals surface area contributed by atoms with Crippen molar-refractivity contribution in [1.29, 1.82) is 0 Å². The Bertz CT molecular complexity index is 348. The number of aryl methyl sites for hydroxylation is 1. The van der Waals surface area contributed by atoms with Crippen LogP contribution in [0.2, 0.25) is 0 Å². The lowest BCUT2D eigenvalue weighted by molar-refractivity contribution is 0.357. The first kappa shape index (κ1) is 7.51. The van der Waals surface area contributed by atoms with Crippen LogP contribution in [0, 0.1) is 5.82 Å². The Hall–Kier alpha value is -0.890. The van der Waals surface area contributed by atoms with Crippen LogP contribution in [-0.2, 0) is 11.2 Å². The molecule has 0 saturated carbocycles. The summed E-state index contributed by atoms with van der Waals surface area (Å²) in [6.07, 6.45) is 3.95. The molecule has 0 N–H and O–H groups in total. The Labute approximate surface area is 76.5 Å². The summed E-state index contributed by atoms with van der Waals surface area (Å²) in [5.41, 5.74) is 2.36. The highest BCUT2D eigenvalue weighted by molar-refractivity contribution is 5.34. The lowest BCUT2D eigenvalue weighted by Gasteiger charge is -2.04. The van der Waals surface area contributed by atoms with Crippen LogP contribution in [0.15, 0.2) is 18.2 Å². The summed E-state index contributed by atoms with van der Waals surface area (Å²) in [7, 11) is 0. The van der Waals surface area contributed by atoms with E-state index >= 15 is 0 Å². The summed E-state index contributed by atoms with van der Waals surface area (Å²) in [5, 5.41) is 0. The topological polar surface area (TPSA) is 12.5 Å². The predicted molar refractivity (Wildman–Crippen MR) is 47.0 cm³/mol. The van der Waals surface area contributed by atoms with Crippen molar-refractivity contribution in [2.75, 3.05) is 0 Å². The molecule has 2 aliphatic rings. The zero-order valence-electron chi connectivity index (χ0n) is 7.29. The third kappa shape index (κ3) is 1.17. The number of rotatable bonds is 0. The minimum atomic E-state index is -0.144. The number of fused-ring (bicyclic) bond motifs is 3. The smallest absolute Gasteiger partial charge is 0.123 e. The molecule has 2 heteroatoms. The Balaban J connectivity index is 2.09. The maximum Gasteiger partial charge on any atom is 0.123 e. The predicted octanol–water partition coefficient (Wildman–Crippen LogP) is 2.60. The number of ether oxygens (including phenoxy) is 1. The first-order valence-corrected chi connectivity index (χ1v) is 4.78. The molecule has 0 spiro atoms. The largest absolute Gasteiger partial charge is 0.364 e. The minimum absolute atomic E-state index is 0.144. The van der Waals surface area contributed by atoms with E-state index in [4.69, 9.17) is 4.74 Å². The van der Waals surface area contributed by atoms with Gasteiger partial charge in [0.2, 0.25) is 0 Å². The number of hydrogen-bond donors (Lipinski definition) is 0. The molecule has 1 aromatic carbocycles. The van der Waals surface area contributed by atoms with Crippen LogP contribution < -0.4 is 0 Å². The van der Waals surface area contributed by atoms with Gasteiger partial charge in [-0.3, -0.25) is 0 Å². The monoisotopic (exact) mass is 178 g/mol. The molecule has 0 aromatic heterocycles. The second-order valence-electron chi connectivity index (χ2n) is 3.83. The average molecular weight is 178 g/mol. The summed E-state index contributed by atoms with van der Waals surface area (Å²) in [6, 6.07) is 5.07. The van der Waals surface area contributed by atoms with E-state index in [1.807, 2.05) is 6.07 Å². The summed E-state index contributed by atoms with van der Waals surface area (Å²) in [5.74, 6) is -0.144. The first-order chi connectivity index (χ1) is 6.34. The van der Waals surface area contributed by atoms with Gasteiger partial charge in [0, 0.05) is 0 Å². The Morgan fingerprint density at radius 1 is 1.38 bits per heavy atom. The second-order valence-corrected chi connectivity index (χ2v) is 3.83. The molecule has 1 nitrogen and oxygen atoms in total. The van der Waals surface area contributed by atoms with Crippen molar-refractivity contribution in [3.8, 4) is 0 Å². The van der Waals surface area contributed by atoms with Crippen LogP contribution in [0.1, 0.15) is 30.1 Å². The van der Waals surface area contributed by atoms with Gasteiger partial charge in [0.15, 0.2) is 0 Å². The van der Waals surface area contributed by atoms with E-state index in [1.165, 1.54) is 12.0 Å². The van der Waals surface area contributed by atoms with Gasteiger partial charge in [-0.05, 0) is 42.5 Å². The van der Waals surface area contributed by atoms with Gasteiger partial charge in [-0.25, -0.2) is 4.39 Å². The molecular formula is C11H11FO. The zero-order chi connectivity index (χ0) is 8.84. The average Bonchev–Trinajstić information content (AvgIpc) is 2.85. The lowest BCUT2D eigenvalue weighted by Crippen LogP contribution is -1.92. The Morgan fingerprint density at radius 2 is 2.31 bits per heavy atom. The SMILES string of the molecule is Fc1ccc2c(c1)C1OC1CCC2. The van der Waals surface area contributed by atoms with E-state index in [-0.39, 0.29) is 11.9 Å². The third-order valence-electron chi connectivity index (χ3n) is 2.93. The van der Waals surface area contributed by atoms with E-state index < -0.39 is 0 Å². The van der Waals surface area contributed by atoms with E-state index in [0.29, 0.717) is 6.10 Å². The van der Waals surface area contributed by atoms with Gasteiger partial charge in [-0.15, -0.1) is 0 Å². The molecule has 1 saturated heterocycles. The maximum atomic E-state index is 13.0. The molecule has 1 fully saturated rings. The van der Waals surface area contributed by atoms with Crippen LogP contribution in [0.4, 0.5) is 4.39 Å². The summed E-state index contributed by atoms with van der Waals surface area (Å²) < 4.78 is 18.4. The summed E-state index contributed by atoms with van der Waals surface area (Å²) in [4.78, 5) is 0. The van der Waals surface area contributed by atoms with Crippen molar-refractivity contribution in [2.24, 2.45) is 0 Å². The third-order valence-corrected chi connectivity index (χ3v) is 2.93. The molecule has 2 atom stereocenters. The maximum absolute atomic E-state index is 13.0. The van der Waals surface area contributed by atoms with E-state index in [1.54, 1.807) is 12.1 Å². The summed E-state index contributed by atoms with van der Waals surface area (Å²) in [6.45, 7) is 0. The highest BCUT2D eigenvalue weighted by Crippen LogP contribution is 2.45. The van der Waals surface area contributed by atoms with Crippen molar-refractivity contribution in [3.05, 3.63) is 35.1 Å².